The highest BCUT2D eigenvalue weighted by molar-refractivity contribution is 5.79. The van der Waals surface area contributed by atoms with Crippen LogP contribution in [-0.2, 0) is 9.53 Å². The van der Waals surface area contributed by atoms with Crippen LogP contribution in [0.3, 0.4) is 0 Å². The van der Waals surface area contributed by atoms with Gasteiger partial charge in [-0.15, -0.1) is 0 Å². The summed E-state index contributed by atoms with van der Waals surface area (Å²) in [5.74, 6) is 1.40. The minimum Gasteiger partial charge on any atom is -0.381 e. The number of nitrogens with one attached hydrogen (secondary N) is 1. The second-order valence-electron chi connectivity index (χ2n) is 5.99. The average Bonchev–Trinajstić information content (AvgIpc) is 2.40. The van der Waals surface area contributed by atoms with Crippen molar-refractivity contribution in [1.29, 1.82) is 0 Å². The summed E-state index contributed by atoms with van der Waals surface area (Å²) in [6.07, 6.45) is 5.21. The standard InChI is InChI=1S/C14H26N2O2/c1-10-2-3-13(15)12(8-10)14(17)16-9-11-4-6-18-7-5-11/h10-13H,2-9,15H2,1H3,(H,16,17). The van der Waals surface area contributed by atoms with E-state index in [1.54, 1.807) is 0 Å². The van der Waals surface area contributed by atoms with E-state index in [1.165, 1.54) is 0 Å². The van der Waals surface area contributed by atoms with Crippen LogP contribution in [0.5, 0.6) is 0 Å². The molecule has 0 aromatic carbocycles. The summed E-state index contributed by atoms with van der Waals surface area (Å²) in [7, 11) is 0. The molecule has 1 aliphatic heterocycles. The van der Waals surface area contributed by atoms with E-state index < -0.39 is 0 Å². The first kappa shape index (κ1) is 13.8. The lowest BCUT2D eigenvalue weighted by molar-refractivity contribution is -0.127. The lowest BCUT2D eigenvalue weighted by Gasteiger charge is -2.32. The quantitative estimate of drug-likeness (QED) is 0.797. The van der Waals surface area contributed by atoms with Gasteiger partial charge in [-0.2, -0.15) is 0 Å². The van der Waals surface area contributed by atoms with Gasteiger partial charge >= 0.3 is 0 Å². The predicted molar refractivity (Wildman–Crippen MR) is 71.0 cm³/mol. The molecule has 3 N–H and O–H groups in total. The Bertz CT molecular complexity index is 277. The van der Waals surface area contributed by atoms with E-state index in [-0.39, 0.29) is 17.9 Å². The Balaban J connectivity index is 1.75. The summed E-state index contributed by atoms with van der Waals surface area (Å²) in [5.41, 5.74) is 6.07. The minimum absolute atomic E-state index is 0.0218. The number of ether oxygens (including phenoxy) is 1. The van der Waals surface area contributed by atoms with Crippen LogP contribution < -0.4 is 11.1 Å². The van der Waals surface area contributed by atoms with Crippen LogP contribution in [0.1, 0.15) is 39.0 Å². The molecule has 1 heterocycles. The van der Waals surface area contributed by atoms with Gasteiger partial charge in [0.2, 0.25) is 5.91 Å². The fraction of sp³-hybridized carbons (Fsp3) is 0.929. The molecule has 4 heteroatoms. The molecule has 18 heavy (non-hydrogen) atoms. The molecule has 104 valence electrons. The summed E-state index contributed by atoms with van der Waals surface area (Å²) < 4.78 is 5.32. The van der Waals surface area contributed by atoms with Crippen LogP contribution >= 0.6 is 0 Å². The molecule has 1 aliphatic carbocycles. The summed E-state index contributed by atoms with van der Waals surface area (Å²) in [6.45, 7) is 4.67. The maximum atomic E-state index is 12.2. The Morgan fingerprint density at radius 1 is 1.28 bits per heavy atom. The highest BCUT2D eigenvalue weighted by Crippen LogP contribution is 2.28. The highest BCUT2D eigenvalue weighted by Gasteiger charge is 2.31. The van der Waals surface area contributed by atoms with E-state index in [0.29, 0.717) is 11.8 Å². The van der Waals surface area contributed by atoms with Crippen molar-refractivity contribution in [2.45, 2.75) is 45.1 Å². The normalized spacial score (nSPS) is 34.2. The van der Waals surface area contributed by atoms with Gasteiger partial charge in [-0.25, -0.2) is 0 Å². The van der Waals surface area contributed by atoms with E-state index in [1.807, 2.05) is 0 Å². The van der Waals surface area contributed by atoms with Crippen molar-refractivity contribution in [2.24, 2.45) is 23.5 Å². The molecule has 0 spiro atoms. The fourth-order valence-corrected chi connectivity index (χ4v) is 3.03. The first-order valence-electron chi connectivity index (χ1n) is 7.28. The molecule has 2 rings (SSSR count). The number of carbonyl (C=O) groups is 1. The molecular formula is C14H26N2O2. The molecular weight excluding hydrogens is 228 g/mol. The van der Waals surface area contributed by atoms with E-state index in [2.05, 4.69) is 12.2 Å². The van der Waals surface area contributed by atoms with Gasteiger partial charge in [-0.1, -0.05) is 6.92 Å². The van der Waals surface area contributed by atoms with Gasteiger partial charge in [0.25, 0.3) is 0 Å². The lowest BCUT2D eigenvalue weighted by atomic mass is 9.78. The molecule has 0 aromatic heterocycles. The second-order valence-corrected chi connectivity index (χ2v) is 5.99. The topological polar surface area (TPSA) is 64.4 Å². The van der Waals surface area contributed by atoms with Crippen molar-refractivity contribution >= 4 is 5.91 Å². The fourth-order valence-electron chi connectivity index (χ4n) is 3.03. The van der Waals surface area contributed by atoms with Crippen LogP contribution in [0.25, 0.3) is 0 Å². The molecule has 2 aliphatic rings. The van der Waals surface area contributed by atoms with Crippen LogP contribution in [-0.4, -0.2) is 31.7 Å². The second kappa shape index (κ2) is 6.53. The monoisotopic (exact) mass is 254 g/mol. The third-order valence-corrected chi connectivity index (χ3v) is 4.41. The molecule has 3 atom stereocenters. The van der Waals surface area contributed by atoms with Gasteiger partial charge in [0.15, 0.2) is 0 Å². The molecule has 0 bridgehead atoms. The van der Waals surface area contributed by atoms with Crippen molar-refractivity contribution in [3.8, 4) is 0 Å². The zero-order valence-electron chi connectivity index (χ0n) is 11.4. The highest BCUT2D eigenvalue weighted by atomic mass is 16.5. The van der Waals surface area contributed by atoms with Gasteiger partial charge in [-0.05, 0) is 43.9 Å². The van der Waals surface area contributed by atoms with Gasteiger partial charge < -0.3 is 15.8 Å². The van der Waals surface area contributed by atoms with Gasteiger partial charge in [-0.3, -0.25) is 4.79 Å². The Morgan fingerprint density at radius 3 is 2.72 bits per heavy atom. The smallest absolute Gasteiger partial charge is 0.224 e. The van der Waals surface area contributed by atoms with Crippen molar-refractivity contribution < 1.29 is 9.53 Å². The van der Waals surface area contributed by atoms with Crippen LogP contribution in [0.2, 0.25) is 0 Å². The molecule has 0 aromatic rings. The average molecular weight is 254 g/mol. The van der Waals surface area contributed by atoms with Crippen LogP contribution in [0, 0.1) is 17.8 Å². The molecule has 1 saturated carbocycles. The Kier molecular flexibility index (Phi) is 5.01. The van der Waals surface area contributed by atoms with Gasteiger partial charge in [0.1, 0.15) is 0 Å². The summed E-state index contributed by atoms with van der Waals surface area (Å²) >= 11 is 0. The molecule has 1 saturated heterocycles. The number of amides is 1. The van der Waals surface area contributed by atoms with Gasteiger partial charge in [0.05, 0.1) is 5.92 Å². The minimum atomic E-state index is 0.0218. The van der Waals surface area contributed by atoms with Crippen LogP contribution in [0.15, 0.2) is 0 Å². The molecule has 2 fully saturated rings. The van der Waals surface area contributed by atoms with Gasteiger partial charge in [0, 0.05) is 25.8 Å². The lowest BCUT2D eigenvalue weighted by Crippen LogP contribution is -2.46. The number of hydrogen-bond acceptors (Lipinski definition) is 3. The number of rotatable bonds is 3. The molecule has 0 radical (unpaired) electrons. The van der Waals surface area contributed by atoms with Crippen LogP contribution in [0.4, 0.5) is 0 Å². The Labute approximate surface area is 110 Å². The molecule has 3 unspecified atom stereocenters. The van der Waals surface area contributed by atoms with Crippen molar-refractivity contribution in [3.63, 3.8) is 0 Å². The first-order chi connectivity index (χ1) is 8.66. The van der Waals surface area contributed by atoms with Crippen molar-refractivity contribution in [3.05, 3.63) is 0 Å². The molecule has 4 nitrogen and oxygen atoms in total. The predicted octanol–water partition coefficient (Wildman–Crippen LogP) is 1.29. The largest absolute Gasteiger partial charge is 0.381 e. The number of hydrogen-bond donors (Lipinski definition) is 2. The third kappa shape index (κ3) is 3.69. The summed E-state index contributed by atoms with van der Waals surface area (Å²) in [5, 5.41) is 3.10. The van der Waals surface area contributed by atoms with E-state index in [9.17, 15) is 4.79 Å². The van der Waals surface area contributed by atoms with Crippen molar-refractivity contribution in [1.82, 2.24) is 5.32 Å². The summed E-state index contributed by atoms with van der Waals surface area (Å²) in [4.78, 5) is 12.2. The van der Waals surface area contributed by atoms with E-state index in [4.69, 9.17) is 10.5 Å². The SMILES string of the molecule is CC1CCC(N)C(C(=O)NCC2CCOCC2)C1. The van der Waals surface area contributed by atoms with E-state index in [0.717, 1.165) is 51.9 Å². The van der Waals surface area contributed by atoms with E-state index >= 15 is 0 Å². The van der Waals surface area contributed by atoms with Crippen molar-refractivity contribution in [2.75, 3.05) is 19.8 Å². The molecule has 1 amide bonds. The zero-order valence-corrected chi connectivity index (χ0v) is 11.4. The zero-order chi connectivity index (χ0) is 13.0. The maximum Gasteiger partial charge on any atom is 0.224 e. The Hall–Kier alpha value is -0.610. The number of carbonyl (C=O) groups excluding carboxylic acids is 1. The first-order valence-corrected chi connectivity index (χ1v) is 7.28. The Morgan fingerprint density at radius 2 is 2.00 bits per heavy atom. The maximum absolute atomic E-state index is 12.2. The third-order valence-electron chi connectivity index (χ3n) is 4.41. The number of nitrogens with two attached hydrogens (primary N) is 1. The summed E-state index contributed by atoms with van der Waals surface area (Å²) in [6, 6.07) is 0.0517.